The lowest BCUT2D eigenvalue weighted by Crippen LogP contribution is -2.08. The molecular weight excluding hydrogens is 247 g/mol. The summed E-state index contributed by atoms with van der Waals surface area (Å²) in [6.45, 7) is 4.54. The standard InChI is InChI=1S/C12H14Cl2O2/c1-8(2)5-6-16-12(15)10-7-9(13)3-4-11(10)14/h3-4,7-8H,5-6H2,1-2H3. The zero-order chi connectivity index (χ0) is 12.1. The van der Waals surface area contributed by atoms with Gasteiger partial charge >= 0.3 is 5.97 Å². The van der Waals surface area contributed by atoms with E-state index in [1.165, 1.54) is 6.07 Å². The summed E-state index contributed by atoms with van der Waals surface area (Å²) in [5, 5.41) is 0.833. The minimum absolute atomic E-state index is 0.318. The smallest absolute Gasteiger partial charge is 0.339 e. The van der Waals surface area contributed by atoms with Crippen molar-refractivity contribution in [3.8, 4) is 0 Å². The minimum Gasteiger partial charge on any atom is -0.462 e. The molecule has 4 heteroatoms. The van der Waals surface area contributed by atoms with Crippen LogP contribution >= 0.6 is 23.2 Å². The molecule has 88 valence electrons. The predicted octanol–water partition coefficient (Wildman–Crippen LogP) is 4.20. The SMILES string of the molecule is CC(C)CCOC(=O)c1cc(Cl)ccc1Cl. The Balaban J connectivity index is 2.62. The van der Waals surface area contributed by atoms with E-state index in [1.54, 1.807) is 12.1 Å². The Morgan fingerprint density at radius 2 is 2.06 bits per heavy atom. The third kappa shape index (κ3) is 4.03. The Morgan fingerprint density at radius 3 is 2.69 bits per heavy atom. The maximum atomic E-state index is 11.6. The zero-order valence-electron chi connectivity index (χ0n) is 9.30. The van der Waals surface area contributed by atoms with Crippen LogP contribution in [0.2, 0.25) is 10.0 Å². The molecule has 0 aliphatic carbocycles. The normalized spacial score (nSPS) is 10.6. The van der Waals surface area contributed by atoms with Crippen LogP contribution in [0.15, 0.2) is 18.2 Å². The summed E-state index contributed by atoms with van der Waals surface area (Å²) in [7, 11) is 0. The van der Waals surface area contributed by atoms with Gasteiger partial charge in [-0.2, -0.15) is 0 Å². The van der Waals surface area contributed by atoms with Crippen molar-refractivity contribution in [2.24, 2.45) is 5.92 Å². The van der Waals surface area contributed by atoms with E-state index < -0.39 is 5.97 Å². The van der Waals surface area contributed by atoms with Crippen molar-refractivity contribution in [3.63, 3.8) is 0 Å². The van der Waals surface area contributed by atoms with Crippen molar-refractivity contribution in [2.75, 3.05) is 6.61 Å². The number of esters is 1. The van der Waals surface area contributed by atoms with Gasteiger partial charge in [0.05, 0.1) is 17.2 Å². The zero-order valence-corrected chi connectivity index (χ0v) is 10.8. The average molecular weight is 261 g/mol. The van der Waals surface area contributed by atoms with Crippen molar-refractivity contribution in [2.45, 2.75) is 20.3 Å². The number of hydrogen-bond acceptors (Lipinski definition) is 2. The molecule has 0 radical (unpaired) electrons. The molecule has 0 aliphatic heterocycles. The van der Waals surface area contributed by atoms with Gasteiger partial charge in [-0.3, -0.25) is 0 Å². The molecule has 0 bridgehead atoms. The largest absolute Gasteiger partial charge is 0.462 e. The van der Waals surface area contributed by atoms with Crippen LogP contribution in [0.25, 0.3) is 0 Å². The third-order valence-corrected chi connectivity index (χ3v) is 2.64. The predicted molar refractivity (Wildman–Crippen MR) is 66.2 cm³/mol. The third-order valence-electron chi connectivity index (χ3n) is 2.08. The highest BCUT2D eigenvalue weighted by Crippen LogP contribution is 2.21. The Morgan fingerprint density at radius 1 is 1.38 bits per heavy atom. The van der Waals surface area contributed by atoms with Crippen LogP contribution in [0, 0.1) is 5.92 Å². The molecular formula is C12H14Cl2O2. The van der Waals surface area contributed by atoms with Crippen LogP contribution < -0.4 is 0 Å². The van der Waals surface area contributed by atoms with E-state index in [0.717, 1.165) is 6.42 Å². The molecule has 16 heavy (non-hydrogen) atoms. The minimum atomic E-state index is -0.423. The number of benzene rings is 1. The van der Waals surface area contributed by atoms with E-state index in [1.807, 2.05) is 0 Å². The van der Waals surface area contributed by atoms with Crippen molar-refractivity contribution < 1.29 is 9.53 Å². The second-order valence-electron chi connectivity index (χ2n) is 3.94. The van der Waals surface area contributed by atoms with E-state index in [9.17, 15) is 4.79 Å². The number of rotatable bonds is 4. The van der Waals surface area contributed by atoms with Crippen LogP contribution in [0.3, 0.4) is 0 Å². The van der Waals surface area contributed by atoms with Crippen LogP contribution in [0.5, 0.6) is 0 Å². The van der Waals surface area contributed by atoms with Gasteiger partial charge in [0.1, 0.15) is 0 Å². The van der Waals surface area contributed by atoms with Gasteiger partial charge in [0, 0.05) is 5.02 Å². The topological polar surface area (TPSA) is 26.3 Å². The fourth-order valence-corrected chi connectivity index (χ4v) is 1.49. The molecule has 1 rings (SSSR count). The first-order chi connectivity index (χ1) is 7.50. The van der Waals surface area contributed by atoms with Gasteiger partial charge in [-0.15, -0.1) is 0 Å². The molecule has 0 aromatic heterocycles. The first-order valence-electron chi connectivity index (χ1n) is 5.13. The number of hydrogen-bond donors (Lipinski definition) is 0. The summed E-state index contributed by atoms with van der Waals surface area (Å²) >= 11 is 11.7. The highest BCUT2D eigenvalue weighted by molar-refractivity contribution is 6.35. The quantitative estimate of drug-likeness (QED) is 0.759. The lowest BCUT2D eigenvalue weighted by molar-refractivity contribution is 0.0488. The van der Waals surface area contributed by atoms with Crippen molar-refractivity contribution >= 4 is 29.2 Å². The van der Waals surface area contributed by atoms with Gasteiger partial charge in [0.15, 0.2) is 0 Å². The fourth-order valence-electron chi connectivity index (χ4n) is 1.12. The summed E-state index contributed by atoms with van der Waals surface area (Å²) in [5.74, 6) is 0.0794. The molecule has 0 spiro atoms. The number of halogens is 2. The van der Waals surface area contributed by atoms with Gasteiger partial charge in [-0.1, -0.05) is 37.0 Å². The molecule has 0 aliphatic rings. The second-order valence-corrected chi connectivity index (χ2v) is 4.79. The Hall–Kier alpha value is -0.730. The molecule has 1 aromatic rings. The average Bonchev–Trinajstić information content (AvgIpc) is 2.21. The Labute approximate surface area is 106 Å². The summed E-state index contributed by atoms with van der Waals surface area (Å²) in [6.07, 6.45) is 0.837. The Kier molecular flexibility index (Phi) is 5.10. The fraction of sp³-hybridized carbons (Fsp3) is 0.417. The van der Waals surface area contributed by atoms with E-state index in [2.05, 4.69) is 13.8 Å². The van der Waals surface area contributed by atoms with E-state index in [-0.39, 0.29) is 0 Å². The summed E-state index contributed by atoms with van der Waals surface area (Å²) in [6, 6.07) is 4.74. The second kappa shape index (κ2) is 6.12. The van der Waals surface area contributed by atoms with Crippen LogP contribution in [0.4, 0.5) is 0 Å². The maximum absolute atomic E-state index is 11.6. The molecule has 1 aromatic carbocycles. The van der Waals surface area contributed by atoms with Crippen molar-refractivity contribution in [3.05, 3.63) is 33.8 Å². The van der Waals surface area contributed by atoms with Crippen molar-refractivity contribution in [1.29, 1.82) is 0 Å². The van der Waals surface area contributed by atoms with Gasteiger partial charge in [0.25, 0.3) is 0 Å². The van der Waals surface area contributed by atoms with Crippen molar-refractivity contribution in [1.82, 2.24) is 0 Å². The number of ether oxygens (including phenoxy) is 1. The summed E-state index contributed by atoms with van der Waals surface area (Å²) < 4.78 is 5.09. The Bertz CT molecular complexity index is 375. The molecule has 0 fully saturated rings. The number of carbonyl (C=O) groups excluding carboxylic acids is 1. The molecule has 0 saturated carbocycles. The first-order valence-corrected chi connectivity index (χ1v) is 5.88. The lowest BCUT2D eigenvalue weighted by Gasteiger charge is -2.08. The molecule has 0 atom stereocenters. The maximum Gasteiger partial charge on any atom is 0.339 e. The monoisotopic (exact) mass is 260 g/mol. The van der Waals surface area contributed by atoms with Crippen LogP contribution in [-0.4, -0.2) is 12.6 Å². The van der Waals surface area contributed by atoms with Gasteiger partial charge in [0.2, 0.25) is 0 Å². The molecule has 0 heterocycles. The van der Waals surface area contributed by atoms with Gasteiger partial charge in [-0.05, 0) is 30.5 Å². The van der Waals surface area contributed by atoms with Gasteiger partial charge in [-0.25, -0.2) is 4.79 Å². The van der Waals surface area contributed by atoms with Crippen LogP contribution in [-0.2, 0) is 4.74 Å². The number of carbonyl (C=O) groups is 1. The molecule has 0 saturated heterocycles. The van der Waals surface area contributed by atoms with Gasteiger partial charge < -0.3 is 4.74 Å². The lowest BCUT2D eigenvalue weighted by atomic mass is 10.1. The van der Waals surface area contributed by atoms with Crippen LogP contribution in [0.1, 0.15) is 30.6 Å². The summed E-state index contributed by atoms with van der Waals surface area (Å²) in [5.41, 5.74) is 0.318. The molecule has 2 nitrogen and oxygen atoms in total. The van der Waals surface area contributed by atoms with E-state index >= 15 is 0 Å². The summed E-state index contributed by atoms with van der Waals surface area (Å²) in [4.78, 5) is 11.6. The van der Waals surface area contributed by atoms with E-state index in [4.69, 9.17) is 27.9 Å². The molecule has 0 amide bonds. The molecule has 0 N–H and O–H groups in total. The van der Waals surface area contributed by atoms with E-state index in [0.29, 0.717) is 28.1 Å². The molecule has 0 unspecified atom stereocenters. The highest BCUT2D eigenvalue weighted by atomic mass is 35.5. The first kappa shape index (κ1) is 13.3. The highest BCUT2D eigenvalue weighted by Gasteiger charge is 2.12.